The zero-order chi connectivity index (χ0) is 12.3. The molecular weight excluding hydrogens is 212 g/mol. The average Bonchev–Trinajstić information content (AvgIpc) is 2.74. The van der Waals surface area contributed by atoms with Gasteiger partial charge < -0.3 is 10.6 Å². The summed E-state index contributed by atoms with van der Waals surface area (Å²) in [6.07, 6.45) is 2.32. The monoisotopic (exact) mass is 232 g/mol. The lowest BCUT2D eigenvalue weighted by atomic mass is 10.00. The van der Waals surface area contributed by atoms with Crippen LogP contribution in [0.4, 0.5) is 0 Å². The van der Waals surface area contributed by atoms with Crippen molar-refractivity contribution in [2.45, 2.75) is 32.2 Å². The predicted octanol–water partition coefficient (Wildman–Crippen LogP) is 1.87. The number of hydrogen-bond acceptors (Lipinski definition) is 2. The lowest BCUT2D eigenvalue weighted by molar-refractivity contribution is 0.0942. The van der Waals surface area contributed by atoms with Crippen molar-refractivity contribution in [2.75, 3.05) is 13.1 Å². The van der Waals surface area contributed by atoms with Crippen LogP contribution in [0.1, 0.15) is 35.7 Å². The van der Waals surface area contributed by atoms with Crippen LogP contribution in [0, 0.1) is 6.92 Å². The van der Waals surface area contributed by atoms with E-state index in [1.54, 1.807) is 0 Å². The van der Waals surface area contributed by atoms with E-state index in [0.29, 0.717) is 6.54 Å². The number of benzene rings is 1. The molecule has 0 bridgehead atoms. The normalized spacial score (nSPS) is 23.6. The molecule has 1 atom stereocenters. The summed E-state index contributed by atoms with van der Waals surface area (Å²) >= 11 is 0. The van der Waals surface area contributed by atoms with Crippen molar-refractivity contribution in [3.05, 3.63) is 35.4 Å². The van der Waals surface area contributed by atoms with Crippen LogP contribution < -0.4 is 10.6 Å². The number of rotatable bonds is 3. The van der Waals surface area contributed by atoms with Gasteiger partial charge in [-0.05, 0) is 44.9 Å². The molecular formula is C14H20N2O. The molecule has 0 aliphatic carbocycles. The van der Waals surface area contributed by atoms with Gasteiger partial charge in [-0.25, -0.2) is 0 Å². The Labute approximate surface area is 103 Å². The van der Waals surface area contributed by atoms with Gasteiger partial charge in [-0.1, -0.05) is 18.2 Å². The number of aryl methyl sites for hydroxylation is 1. The summed E-state index contributed by atoms with van der Waals surface area (Å²) in [6, 6.07) is 7.68. The summed E-state index contributed by atoms with van der Waals surface area (Å²) < 4.78 is 0. The Bertz CT molecular complexity index is 408. The fourth-order valence-electron chi connectivity index (χ4n) is 2.31. The number of hydrogen-bond donors (Lipinski definition) is 2. The molecule has 0 aromatic heterocycles. The van der Waals surface area contributed by atoms with Crippen LogP contribution in [0.2, 0.25) is 0 Å². The molecule has 1 unspecified atom stereocenters. The lowest BCUT2D eigenvalue weighted by Gasteiger charge is -2.24. The van der Waals surface area contributed by atoms with Crippen molar-refractivity contribution in [3.63, 3.8) is 0 Å². The molecule has 3 heteroatoms. The summed E-state index contributed by atoms with van der Waals surface area (Å²) in [7, 11) is 0. The quantitative estimate of drug-likeness (QED) is 0.835. The van der Waals surface area contributed by atoms with E-state index in [-0.39, 0.29) is 11.4 Å². The van der Waals surface area contributed by atoms with E-state index < -0.39 is 0 Å². The molecule has 1 aliphatic heterocycles. The maximum atomic E-state index is 12.0. The van der Waals surface area contributed by atoms with Crippen molar-refractivity contribution in [1.82, 2.24) is 10.6 Å². The van der Waals surface area contributed by atoms with E-state index in [9.17, 15) is 4.79 Å². The van der Waals surface area contributed by atoms with E-state index in [1.165, 1.54) is 6.42 Å². The fraction of sp³-hybridized carbons (Fsp3) is 0.500. The Morgan fingerprint density at radius 1 is 1.47 bits per heavy atom. The topological polar surface area (TPSA) is 41.1 Å². The van der Waals surface area contributed by atoms with Crippen molar-refractivity contribution in [3.8, 4) is 0 Å². The Kier molecular flexibility index (Phi) is 3.48. The third kappa shape index (κ3) is 2.86. The highest BCUT2D eigenvalue weighted by Crippen LogP contribution is 2.17. The molecule has 1 saturated heterocycles. The minimum absolute atomic E-state index is 0.0259. The van der Waals surface area contributed by atoms with E-state index in [0.717, 1.165) is 24.1 Å². The Morgan fingerprint density at radius 2 is 2.24 bits per heavy atom. The molecule has 1 aliphatic rings. The van der Waals surface area contributed by atoms with E-state index >= 15 is 0 Å². The molecule has 2 rings (SSSR count). The maximum Gasteiger partial charge on any atom is 0.251 e. The molecule has 1 aromatic carbocycles. The maximum absolute atomic E-state index is 12.0. The minimum Gasteiger partial charge on any atom is -0.350 e. The fourth-order valence-corrected chi connectivity index (χ4v) is 2.31. The molecule has 0 radical (unpaired) electrons. The standard InChI is InChI=1S/C14H20N2O/c1-11-6-3-4-7-12(11)13(17)15-10-14(2)8-5-9-16-14/h3-4,6-7,16H,5,8-10H2,1-2H3,(H,15,17). The molecule has 92 valence electrons. The summed E-state index contributed by atoms with van der Waals surface area (Å²) in [5.41, 5.74) is 1.86. The van der Waals surface area contributed by atoms with Crippen LogP contribution in [0.3, 0.4) is 0 Å². The highest BCUT2D eigenvalue weighted by molar-refractivity contribution is 5.95. The summed E-state index contributed by atoms with van der Waals surface area (Å²) in [5.74, 6) is 0.0259. The Balaban J connectivity index is 1.96. The molecule has 0 spiro atoms. The molecule has 0 saturated carbocycles. The van der Waals surface area contributed by atoms with Crippen LogP contribution in [0.5, 0.6) is 0 Å². The Hall–Kier alpha value is -1.35. The van der Waals surface area contributed by atoms with Crippen molar-refractivity contribution >= 4 is 5.91 Å². The highest BCUT2D eigenvalue weighted by atomic mass is 16.1. The van der Waals surface area contributed by atoms with Gasteiger partial charge in [0.25, 0.3) is 5.91 Å². The SMILES string of the molecule is Cc1ccccc1C(=O)NCC1(C)CCCN1. The summed E-state index contributed by atoms with van der Waals surface area (Å²) in [6.45, 7) is 5.87. The van der Waals surface area contributed by atoms with Crippen molar-refractivity contribution < 1.29 is 4.79 Å². The predicted molar refractivity (Wildman–Crippen MR) is 69.2 cm³/mol. The molecule has 3 nitrogen and oxygen atoms in total. The van der Waals surface area contributed by atoms with E-state index in [1.807, 2.05) is 31.2 Å². The third-order valence-corrected chi connectivity index (χ3v) is 3.49. The number of carbonyl (C=O) groups excluding carboxylic acids is 1. The number of amides is 1. The first-order chi connectivity index (χ1) is 8.11. The van der Waals surface area contributed by atoms with Gasteiger partial charge in [-0.3, -0.25) is 4.79 Å². The molecule has 2 N–H and O–H groups in total. The van der Waals surface area contributed by atoms with E-state index in [2.05, 4.69) is 17.6 Å². The second kappa shape index (κ2) is 4.88. The zero-order valence-electron chi connectivity index (χ0n) is 10.5. The Morgan fingerprint density at radius 3 is 2.88 bits per heavy atom. The van der Waals surface area contributed by atoms with Crippen LogP contribution >= 0.6 is 0 Å². The molecule has 1 fully saturated rings. The van der Waals surface area contributed by atoms with Gasteiger partial charge in [0.15, 0.2) is 0 Å². The summed E-state index contributed by atoms with van der Waals surface area (Å²) in [4.78, 5) is 12.0. The molecule has 1 amide bonds. The highest BCUT2D eigenvalue weighted by Gasteiger charge is 2.28. The first kappa shape index (κ1) is 12.1. The van der Waals surface area contributed by atoms with Gasteiger partial charge >= 0.3 is 0 Å². The smallest absolute Gasteiger partial charge is 0.251 e. The van der Waals surface area contributed by atoms with Gasteiger partial charge in [0.05, 0.1) is 0 Å². The molecule has 1 heterocycles. The van der Waals surface area contributed by atoms with Gasteiger partial charge in [0.2, 0.25) is 0 Å². The van der Waals surface area contributed by atoms with Crippen molar-refractivity contribution in [1.29, 1.82) is 0 Å². The van der Waals surface area contributed by atoms with E-state index in [4.69, 9.17) is 0 Å². The van der Waals surface area contributed by atoms with Crippen LogP contribution in [-0.4, -0.2) is 24.5 Å². The van der Waals surface area contributed by atoms with Crippen LogP contribution in [0.25, 0.3) is 0 Å². The average molecular weight is 232 g/mol. The second-order valence-corrected chi connectivity index (χ2v) is 5.09. The van der Waals surface area contributed by atoms with Gasteiger partial charge in [-0.2, -0.15) is 0 Å². The lowest BCUT2D eigenvalue weighted by Crippen LogP contribution is -2.47. The minimum atomic E-state index is 0.0259. The van der Waals surface area contributed by atoms with Gasteiger partial charge in [-0.15, -0.1) is 0 Å². The first-order valence-corrected chi connectivity index (χ1v) is 6.20. The largest absolute Gasteiger partial charge is 0.350 e. The third-order valence-electron chi connectivity index (χ3n) is 3.49. The van der Waals surface area contributed by atoms with Gasteiger partial charge in [0.1, 0.15) is 0 Å². The summed E-state index contributed by atoms with van der Waals surface area (Å²) in [5, 5.41) is 6.46. The number of nitrogens with one attached hydrogen (secondary N) is 2. The van der Waals surface area contributed by atoms with Gasteiger partial charge in [0, 0.05) is 17.6 Å². The zero-order valence-corrected chi connectivity index (χ0v) is 10.5. The second-order valence-electron chi connectivity index (χ2n) is 5.09. The molecule has 1 aromatic rings. The van der Waals surface area contributed by atoms with Crippen LogP contribution in [-0.2, 0) is 0 Å². The van der Waals surface area contributed by atoms with Crippen LogP contribution in [0.15, 0.2) is 24.3 Å². The van der Waals surface area contributed by atoms with Crippen molar-refractivity contribution in [2.24, 2.45) is 0 Å². The number of carbonyl (C=O) groups is 1. The first-order valence-electron chi connectivity index (χ1n) is 6.20. The molecule has 17 heavy (non-hydrogen) atoms.